The van der Waals surface area contributed by atoms with Crippen LogP contribution in [0.25, 0.3) is 0 Å². The number of methoxy groups -OCH3 is 2. The Morgan fingerprint density at radius 3 is 2.58 bits per heavy atom. The normalized spacial score (nSPS) is 20.5. The molecular weight excluding hydrogens is 407 g/mol. The van der Waals surface area contributed by atoms with Gasteiger partial charge in [0.2, 0.25) is 5.91 Å². The number of carbonyl (C=O) groups excluding carboxylic acids is 1. The first kappa shape index (κ1) is 22.4. The molecule has 0 unspecified atom stereocenters. The van der Waals surface area contributed by atoms with E-state index in [1.807, 2.05) is 0 Å². The maximum absolute atomic E-state index is 13.8. The molecule has 2 atom stereocenters. The van der Waals surface area contributed by atoms with Crippen LogP contribution < -0.4 is 15.2 Å². The predicted octanol–water partition coefficient (Wildman–Crippen LogP) is 3.10. The number of primary amides is 1. The first-order valence-electron chi connectivity index (χ1n) is 9.69. The number of hydrogen-bond acceptors (Lipinski definition) is 5. The molecule has 3 N–H and O–H groups in total. The van der Waals surface area contributed by atoms with Crippen LogP contribution in [-0.4, -0.2) is 48.4 Å². The van der Waals surface area contributed by atoms with Crippen molar-refractivity contribution in [3.05, 3.63) is 59.4 Å². The van der Waals surface area contributed by atoms with E-state index in [1.54, 1.807) is 36.4 Å². The molecule has 9 heteroatoms. The van der Waals surface area contributed by atoms with Gasteiger partial charge in [0.1, 0.15) is 18.0 Å². The third-order valence-electron chi connectivity index (χ3n) is 5.57. The van der Waals surface area contributed by atoms with Gasteiger partial charge in [0.05, 0.1) is 19.8 Å². The summed E-state index contributed by atoms with van der Waals surface area (Å²) in [4.78, 5) is 25.3. The molecular formula is C22H25FN2O6. The lowest BCUT2D eigenvalue weighted by Gasteiger charge is -2.36. The van der Waals surface area contributed by atoms with Gasteiger partial charge in [-0.25, -0.2) is 9.18 Å². The van der Waals surface area contributed by atoms with Crippen molar-refractivity contribution in [1.82, 2.24) is 4.90 Å². The largest absolute Gasteiger partial charge is 0.493 e. The minimum absolute atomic E-state index is 0.00564. The van der Waals surface area contributed by atoms with Gasteiger partial charge in [-0.2, -0.15) is 0 Å². The maximum Gasteiger partial charge on any atom is 0.408 e. The number of carbonyl (C=O) groups is 2. The second-order valence-electron chi connectivity index (χ2n) is 7.33. The number of ether oxygens (including phenoxy) is 3. The fourth-order valence-corrected chi connectivity index (χ4v) is 4.03. The van der Waals surface area contributed by atoms with E-state index >= 15 is 0 Å². The summed E-state index contributed by atoms with van der Waals surface area (Å²) in [6, 6.07) is 10.7. The Bertz CT molecular complexity index is 969. The van der Waals surface area contributed by atoms with Crippen LogP contribution in [0.1, 0.15) is 30.0 Å². The number of amides is 2. The topological polar surface area (TPSA) is 111 Å². The minimum atomic E-state index is -1.45. The average molecular weight is 432 g/mol. The van der Waals surface area contributed by atoms with Gasteiger partial charge < -0.3 is 25.1 Å². The van der Waals surface area contributed by atoms with Crippen LogP contribution in [0.2, 0.25) is 0 Å². The molecule has 0 aliphatic carbocycles. The van der Waals surface area contributed by atoms with Crippen LogP contribution in [0.4, 0.5) is 9.18 Å². The van der Waals surface area contributed by atoms with E-state index in [0.29, 0.717) is 29.0 Å². The molecule has 3 rings (SSSR count). The zero-order valence-electron chi connectivity index (χ0n) is 17.3. The van der Waals surface area contributed by atoms with Crippen LogP contribution in [-0.2, 0) is 16.1 Å². The molecule has 1 fully saturated rings. The van der Waals surface area contributed by atoms with Crippen LogP contribution in [0.3, 0.4) is 0 Å². The van der Waals surface area contributed by atoms with Crippen molar-refractivity contribution < 1.29 is 33.3 Å². The molecule has 2 amide bonds. The van der Waals surface area contributed by atoms with Crippen LogP contribution in [0.15, 0.2) is 42.5 Å². The highest BCUT2D eigenvalue weighted by Gasteiger charge is 2.54. The Kier molecular flexibility index (Phi) is 6.65. The molecule has 0 bridgehead atoms. The summed E-state index contributed by atoms with van der Waals surface area (Å²) < 4.78 is 30.1. The quantitative estimate of drug-likeness (QED) is 0.663. The highest BCUT2D eigenvalue weighted by atomic mass is 19.1. The second kappa shape index (κ2) is 9.22. The number of nitrogens with two attached hydrogens (primary N) is 1. The van der Waals surface area contributed by atoms with Crippen LogP contribution >= 0.6 is 0 Å². The molecule has 0 saturated carbocycles. The standard InChI is InChI=1S/C22H25FN2O6/c1-29-13-22(20(24)26)10-9-17(25(22)21(27)28)14-7-8-18(19(11-14)30-2)31-12-15-5-3-4-6-16(15)23/h3-8,11,17H,9-10,12-13H2,1-2H3,(H2,24,26)(H,27,28)/t17-,22-/m1/s1. The number of nitrogens with zero attached hydrogens (tertiary/aromatic N) is 1. The highest BCUT2D eigenvalue weighted by Crippen LogP contribution is 2.44. The molecule has 31 heavy (non-hydrogen) atoms. The maximum atomic E-state index is 13.8. The van der Waals surface area contributed by atoms with Gasteiger partial charge >= 0.3 is 6.09 Å². The molecule has 166 valence electrons. The fourth-order valence-electron chi connectivity index (χ4n) is 4.03. The van der Waals surface area contributed by atoms with Crippen molar-refractivity contribution in [3.63, 3.8) is 0 Å². The van der Waals surface area contributed by atoms with E-state index in [0.717, 1.165) is 4.90 Å². The lowest BCUT2D eigenvalue weighted by Crippen LogP contribution is -2.59. The van der Waals surface area contributed by atoms with Crippen LogP contribution in [0.5, 0.6) is 11.5 Å². The number of benzene rings is 2. The molecule has 1 saturated heterocycles. The summed E-state index contributed by atoms with van der Waals surface area (Å²) in [7, 11) is 2.85. The average Bonchev–Trinajstić information content (AvgIpc) is 3.14. The summed E-state index contributed by atoms with van der Waals surface area (Å²) >= 11 is 0. The second-order valence-corrected chi connectivity index (χ2v) is 7.33. The van der Waals surface area contributed by atoms with E-state index in [9.17, 15) is 19.1 Å². The smallest absolute Gasteiger partial charge is 0.408 e. The van der Waals surface area contributed by atoms with Gasteiger partial charge in [-0.3, -0.25) is 9.69 Å². The Balaban J connectivity index is 1.88. The Morgan fingerprint density at radius 1 is 1.23 bits per heavy atom. The van der Waals surface area contributed by atoms with Crippen molar-refractivity contribution in [2.75, 3.05) is 20.8 Å². The number of rotatable bonds is 8. The van der Waals surface area contributed by atoms with E-state index < -0.39 is 23.6 Å². The summed E-state index contributed by atoms with van der Waals surface area (Å²) in [5, 5.41) is 9.84. The molecule has 8 nitrogen and oxygen atoms in total. The Morgan fingerprint density at radius 2 is 1.97 bits per heavy atom. The van der Waals surface area contributed by atoms with Crippen molar-refractivity contribution in [2.24, 2.45) is 5.73 Å². The van der Waals surface area contributed by atoms with Gasteiger partial charge in [-0.1, -0.05) is 24.3 Å². The fraction of sp³-hybridized carbons (Fsp3) is 0.364. The van der Waals surface area contributed by atoms with Gasteiger partial charge in [-0.05, 0) is 36.6 Å². The lowest BCUT2D eigenvalue weighted by atomic mass is 9.96. The van der Waals surface area contributed by atoms with E-state index in [2.05, 4.69) is 0 Å². The summed E-state index contributed by atoms with van der Waals surface area (Å²) in [5.74, 6) is -0.381. The SMILES string of the molecule is COC[C@@]1(C(N)=O)CC[C@H](c2ccc(OCc3ccccc3F)c(OC)c2)N1C(=O)O. The molecule has 0 radical (unpaired) electrons. The first-order valence-corrected chi connectivity index (χ1v) is 9.69. The van der Waals surface area contributed by atoms with Crippen molar-refractivity contribution in [3.8, 4) is 11.5 Å². The molecule has 1 heterocycles. The van der Waals surface area contributed by atoms with Gasteiger partial charge in [-0.15, -0.1) is 0 Å². The number of likely N-dealkylation sites (tertiary alicyclic amines) is 1. The molecule has 1 aliphatic heterocycles. The summed E-state index contributed by atoms with van der Waals surface area (Å²) in [5.41, 5.74) is 5.15. The Hall–Kier alpha value is -3.33. The Labute approximate surface area is 179 Å². The predicted molar refractivity (Wildman–Crippen MR) is 109 cm³/mol. The number of carboxylic acid groups (broad SMARTS) is 1. The highest BCUT2D eigenvalue weighted by molar-refractivity contribution is 5.89. The van der Waals surface area contributed by atoms with Gasteiger partial charge in [0, 0.05) is 12.7 Å². The van der Waals surface area contributed by atoms with Gasteiger partial charge in [0.25, 0.3) is 0 Å². The van der Waals surface area contributed by atoms with Gasteiger partial charge in [0.15, 0.2) is 11.5 Å². The van der Waals surface area contributed by atoms with Crippen molar-refractivity contribution in [1.29, 1.82) is 0 Å². The zero-order valence-corrected chi connectivity index (χ0v) is 17.3. The van der Waals surface area contributed by atoms with E-state index in [4.69, 9.17) is 19.9 Å². The van der Waals surface area contributed by atoms with Crippen LogP contribution in [0, 0.1) is 5.82 Å². The molecule has 0 aromatic heterocycles. The first-order chi connectivity index (χ1) is 14.8. The zero-order chi connectivity index (χ0) is 22.6. The molecule has 0 spiro atoms. The number of halogens is 1. The van der Waals surface area contributed by atoms with Crippen molar-refractivity contribution >= 4 is 12.0 Å². The summed E-state index contributed by atoms with van der Waals surface area (Å²) in [6.07, 6.45) is -0.643. The molecule has 2 aromatic rings. The third-order valence-corrected chi connectivity index (χ3v) is 5.57. The monoisotopic (exact) mass is 432 g/mol. The summed E-state index contributed by atoms with van der Waals surface area (Å²) in [6.45, 7) is -0.127. The van der Waals surface area contributed by atoms with E-state index in [-0.39, 0.29) is 25.5 Å². The third kappa shape index (κ3) is 4.27. The lowest BCUT2D eigenvalue weighted by molar-refractivity contribution is -0.131. The molecule has 1 aliphatic rings. The van der Waals surface area contributed by atoms with Crippen molar-refractivity contribution in [2.45, 2.75) is 31.0 Å². The number of hydrogen-bond donors (Lipinski definition) is 2. The van der Waals surface area contributed by atoms with E-state index in [1.165, 1.54) is 20.3 Å². The molecule has 2 aromatic carbocycles. The minimum Gasteiger partial charge on any atom is -0.493 e.